The standard InChI is InChI=1S/C21H33N5O4S/c1-21(2,3)30-20(28)26-13-9-16(14-26)29-19(27)24(4)15-7-11-25(12-8-15)17-6-10-22-18(23-17)31-5/h6,10,15-16H,7-9,11-14H2,1-5H3/t16-/m0/s1. The molecule has 0 bridgehead atoms. The molecule has 0 radical (unpaired) electrons. The third-order valence-electron chi connectivity index (χ3n) is 5.49. The molecule has 2 fully saturated rings. The smallest absolute Gasteiger partial charge is 0.410 e. The number of ether oxygens (including phenoxy) is 2. The van der Waals surface area contributed by atoms with Gasteiger partial charge in [0, 0.05) is 45.3 Å². The largest absolute Gasteiger partial charge is 0.444 e. The van der Waals surface area contributed by atoms with Crippen LogP contribution in [-0.4, -0.2) is 89.2 Å². The number of thioether (sulfide) groups is 1. The molecule has 2 saturated heterocycles. The SMILES string of the molecule is CSc1nccc(N2CCC(N(C)C(=O)O[C@H]3CCN(C(=O)OC(C)(C)C)C3)CC2)n1. The van der Waals surface area contributed by atoms with E-state index in [2.05, 4.69) is 14.9 Å². The van der Waals surface area contributed by atoms with Gasteiger partial charge in [0.2, 0.25) is 0 Å². The van der Waals surface area contributed by atoms with E-state index in [0.29, 0.717) is 19.5 Å². The Morgan fingerprint density at radius 3 is 2.55 bits per heavy atom. The summed E-state index contributed by atoms with van der Waals surface area (Å²) in [7, 11) is 1.79. The second-order valence-corrected chi connectivity index (χ2v) is 9.72. The van der Waals surface area contributed by atoms with Crippen LogP contribution in [0.5, 0.6) is 0 Å². The van der Waals surface area contributed by atoms with E-state index in [1.165, 1.54) is 11.8 Å². The molecule has 3 rings (SSSR count). The quantitative estimate of drug-likeness (QED) is 0.509. The Kier molecular flexibility index (Phi) is 7.51. The molecule has 0 aromatic carbocycles. The number of hydrogen-bond donors (Lipinski definition) is 0. The van der Waals surface area contributed by atoms with Gasteiger partial charge < -0.3 is 24.2 Å². The first-order valence-electron chi connectivity index (χ1n) is 10.7. The topological polar surface area (TPSA) is 88.1 Å². The number of likely N-dealkylation sites (tertiary alicyclic amines) is 1. The summed E-state index contributed by atoms with van der Waals surface area (Å²) in [5.41, 5.74) is -0.538. The van der Waals surface area contributed by atoms with Crippen LogP contribution in [0.1, 0.15) is 40.0 Å². The van der Waals surface area contributed by atoms with Crippen LogP contribution in [0.15, 0.2) is 17.4 Å². The highest BCUT2D eigenvalue weighted by Crippen LogP contribution is 2.23. The Morgan fingerprint density at radius 2 is 1.90 bits per heavy atom. The lowest BCUT2D eigenvalue weighted by molar-refractivity contribution is 0.0234. The third kappa shape index (κ3) is 6.38. The zero-order valence-corrected chi connectivity index (χ0v) is 19.9. The van der Waals surface area contributed by atoms with Gasteiger partial charge in [-0.1, -0.05) is 11.8 Å². The lowest BCUT2D eigenvalue weighted by Gasteiger charge is -2.37. The fraction of sp³-hybridized carbons (Fsp3) is 0.714. The molecule has 0 saturated carbocycles. The van der Waals surface area contributed by atoms with E-state index in [1.54, 1.807) is 23.0 Å². The fourth-order valence-electron chi connectivity index (χ4n) is 3.78. The van der Waals surface area contributed by atoms with Crippen molar-refractivity contribution in [2.75, 3.05) is 44.4 Å². The molecule has 0 spiro atoms. The zero-order valence-electron chi connectivity index (χ0n) is 19.0. The van der Waals surface area contributed by atoms with Crippen LogP contribution in [0.3, 0.4) is 0 Å². The van der Waals surface area contributed by atoms with Crippen LogP contribution in [0.2, 0.25) is 0 Å². The van der Waals surface area contributed by atoms with Crippen molar-refractivity contribution in [2.45, 2.75) is 62.9 Å². The molecule has 1 atom stereocenters. The van der Waals surface area contributed by atoms with Gasteiger partial charge in [0.15, 0.2) is 5.16 Å². The Hall–Kier alpha value is -2.23. The van der Waals surface area contributed by atoms with Crippen LogP contribution in [0.25, 0.3) is 0 Å². The fourth-order valence-corrected chi connectivity index (χ4v) is 4.13. The Labute approximate surface area is 188 Å². The van der Waals surface area contributed by atoms with Crippen LogP contribution in [-0.2, 0) is 9.47 Å². The number of piperidine rings is 1. The van der Waals surface area contributed by atoms with Crippen molar-refractivity contribution in [1.82, 2.24) is 19.8 Å². The van der Waals surface area contributed by atoms with Gasteiger partial charge in [-0.25, -0.2) is 19.6 Å². The number of hydrogen-bond acceptors (Lipinski definition) is 8. The van der Waals surface area contributed by atoms with Gasteiger partial charge in [-0.05, 0) is 45.9 Å². The first-order chi connectivity index (χ1) is 14.7. The maximum atomic E-state index is 12.7. The minimum absolute atomic E-state index is 0.119. The first-order valence-corrected chi connectivity index (χ1v) is 11.9. The van der Waals surface area contributed by atoms with Gasteiger partial charge in [0.25, 0.3) is 0 Å². The summed E-state index contributed by atoms with van der Waals surface area (Å²) in [6.45, 7) is 8.07. The van der Waals surface area contributed by atoms with Gasteiger partial charge in [0.1, 0.15) is 17.5 Å². The van der Waals surface area contributed by atoms with Crippen molar-refractivity contribution in [3.8, 4) is 0 Å². The van der Waals surface area contributed by atoms with E-state index < -0.39 is 5.60 Å². The second kappa shape index (κ2) is 9.93. The molecular weight excluding hydrogens is 418 g/mol. The molecule has 2 amide bonds. The molecule has 0 N–H and O–H groups in total. The van der Waals surface area contributed by atoms with Crippen molar-refractivity contribution in [2.24, 2.45) is 0 Å². The summed E-state index contributed by atoms with van der Waals surface area (Å²) in [6, 6.07) is 2.04. The predicted octanol–water partition coefficient (Wildman–Crippen LogP) is 3.25. The lowest BCUT2D eigenvalue weighted by atomic mass is 10.0. The molecule has 2 aliphatic rings. The molecule has 0 unspecified atom stereocenters. The van der Waals surface area contributed by atoms with E-state index in [1.807, 2.05) is 33.1 Å². The summed E-state index contributed by atoms with van der Waals surface area (Å²) in [5, 5.41) is 0.761. The summed E-state index contributed by atoms with van der Waals surface area (Å²) >= 11 is 1.52. The molecule has 3 heterocycles. The highest BCUT2D eigenvalue weighted by atomic mass is 32.2. The number of rotatable bonds is 4. The molecule has 2 aliphatic heterocycles. The highest BCUT2D eigenvalue weighted by Gasteiger charge is 2.34. The Morgan fingerprint density at radius 1 is 1.19 bits per heavy atom. The number of carbonyl (C=O) groups is 2. The number of anilines is 1. The van der Waals surface area contributed by atoms with Crippen molar-refractivity contribution >= 4 is 29.8 Å². The molecule has 1 aromatic heterocycles. The molecular formula is C21H33N5O4S. The summed E-state index contributed by atoms with van der Waals surface area (Å²) in [5.74, 6) is 0.927. The van der Waals surface area contributed by atoms with Gasteiger partial charge in [-0.2, -0.15) is 0 Å². The minimum atomic E-state index is -0.538. The van der Waals surface area contributed by atoms with E-state index in [-0.39, 0.29) is 24.3 Å². The van der Waals surface area contributed by atoms with E-state index in [0.717, 1.165) is 36.9 Å². The average molecular weight is 452 g/mol. The van der Waals surface area contributed by atoms with Crippen LogP contribution < -0.4 is 4.90 Å². The van der Waals surface area contributed by atoms with Gasteiger partial charge in [-0.3, -0.25) is 0 Å². The normalized spacial score (nSPS) is 20.0. The lowest BCUT2D eigenvalue weighted by Crippen LogP contribution is -2.47. The molecule has 0 aliphatic carbocycles. The number of amides is 2. The van der Waals surface area contributed by atoms with Gasteiger partial charge in [-0.15, -0.1) is 0 Å². The molecule has 9 nitrogen and oxygen atoms in total. The second-order valence-electron chi connectivity index (χ2n) is 8.95. The van der Waals surface area contributed by atoms with Crippen molar-refractivity contribution < 1.29 is 19.1 Å². The number of aromatic nitrogens is 2. The maximum absolute atomic E-state index is 12.7. The average Bonchev–Trinajstić information content (AvgIpc) is 3.21. The highest BCUT2D eigenvalue weighted by molar-refractivity contribution is 7.98. The minimum Gasteiger partial charge on any atom is -0.444 e. The van der Waals surface area contributed by atoms with E-state index in [9.17, 15) is 9.59 Å². The molecule has 10 heteroatoms. The Balaban J connectivity index is 1.45. The van der Waals surface area contributed by atoms with Crippen LogP contribution in [0.4, 0.5) is 15.4 Å². The van der Waals surface area contributed by atoms with Crippen molar-refractivity contribution in [1.29, 1.82) is 0 Å². The van der Waals surface area contributed by atoms with Crippen molar-refractivity contribution in [3.63, 3.8) is 0 Å². The van der Waals surface area contributed by atoms with Crippen LogP contribution in [0, 0.1) is 0 Å². The number of carbonyl (C=O) groups excluding carboxylic acids is 2. The Bertz CT molecular complexity index is 779. The molecule has 172 valence electrons. The predicted molar refractivity (Wildman–Crippen MR) is 120 cm³/mol. The monoisotopic (exact) mass is 451 g/mol. The van der Waals surface area contributed by atoms with Crippen LogP contribution >= 0.6 is 11.8 Å². The number of nitrogens with zero attached hydrogens (tertiary/aromatic N) is 5. The van der Waals surface area contributed by atoms with E-state index in [4.69, 9.17) is 9.47 Å². The molecule has 31 heavy (non-hydrogen) atoms. The first kappa shape index (κ1) is 23.4. The van der Waals surface area contributed by atoms with Crippen molar-refractivity contribution in [3.05, 3.63) is 12.3 Å². The van der Waals surface area contributed by atoms with Gasteiger partial charge >= 0.3 is 12.2 Å². The maximum Gasteiger partial charge on any atom is 0.410 e. The van der Waals surface area contributed by atoms with Gasteiger partial charge in [0.05, 0.1) is 6.54 Å². The summed E-state index contributed by atoms with van der Waals surface area (Å²) in [6.07, 6.45) is 5.08. The zero-order chi connectivity index (χ0) is 22.6. The summed E-state index contributed by atoms with van der Waals surface area (Å²) < 4.78 is 11.1. The third-order valence-corrected chi connectivity index (χ3v) is 6.05. The summed E-state index contributed by atoms with van der Waals surface area (Å²) in [4.78, 5) is 39.2. The van der Waals surface area contributed by atoms with E-state index >= 15 is 0 Å². The molecule has 1 aromatic rings.